The first-order chi connectivity index (χ1) is 16.5. The van der Waals surface area contributed by atoms with Crippen LogP contribution in [0.5, 0.6) is 5.75 Å². The van der Waals surface area contributed by atoms with E-state index in [1.807, 2.05) is 91.9 Å². The zero-order valence-electron chi connectivity index (χ0n) is 19.1. The van der Waals surface area contributed by atoms with Gasteiger partial charge in [0.1, 0.15) is 24.0 Å². The summed E-state index contributed by atoms with van der Waals surface area (Å²) in [6.45, 7) is 4.25. The van der Waals surface area contributed by atoms with Gasteiger partial charge in [-0.15, -0.1) is 0 Å². The van der Waals surface area contributed by atoms with Gasteiger partial charge in [-0.1, -0.05) is 72.3 Å². The van der Waals surface area contributed by atoms with E-state index in [9.17, 15) is 14.9 Å². The number of rotatable bonds is 6. The Labute approximate surface area is 199 Å². The van der Waals surface area contributed by atoms with E-state index < -0.39 is 11.8 Å². The third-order valence-corrected chi connectivity index (χ3v) is 5.73. The lowest BCUT2D eigenvalue weighted by molar-refractivity contribution is -0.141. The van der Waals surface area contributed by atoms with Crippen molar-refractivity contribution in [3.8, 4) is 11.8 Å². The lowest BCUT2D eigenvalue weighted by Crippen LogP contribution is -2.42. The molecule has 5 nitrogen and oxygen atoms in total. The number of carbonyl (C=O) groups is 2. The van der Waals surface area contributed by atoms with Crippen molar-refractivity contribution in [3.63, 3.8) is 0 Å². The molecule has 0 aliphatic carbocycles. The fourth-order valence-corrected chi connectivity index (χ4v) is 3.72. The zero-order valence-corrected chi connectivity index (χ0v) is 19.1. The summed E-state index contributed by atoms with van der Waals surface area (Å²) >= 11 is 0. The molecule has 3 aromatic rings. The molecule has 0 bridgehead atoms. The second-order valence-corrected chi connectivity index (χ2v) is 8.20. The maximum Gasteiger partial charge on any atom is 0.271 e. The second-order valence-electron chi connectivity index (χ2n) is 8.20. The average molecular weight is 449 g/mol. The Morgan fingerprint density at radius 2 is 1.53 bits per heavy atom. The third kappa shape index (κ3) is 4.97. The molecule has 0 saturated heterocycles. The van der Waals surface area contributed by atoms with Gasteiger partial charge in [0.25, 0.3) is 11.8 Å². The van der Waals surface area contributed by atoms with Crippen molar-refractivity contribution in [1.29, 1.82) is 5.26 Å². The summed E-state index contributed by atoms with van der Waals surface area (Å²) in [6, 6.07) is 26.8. The Balaban J connectivity index is 1.55. The van der Waals surface area contributed by atoms with E-state index in [0.29, 0.717) is 23.5 Å². The number of imide groups is 1. The highest BCUT2D eigenvalue weighted by atomic mass is 16.5. The van der Waals surface area contributed by atoms with Crippen LogP contribution in [0.2, 0.25) is 0 Å². The molecule has 1 heterocycles. The minimum atomic E-state index is -0.564. The highest BCUT2D eigenvalue weighted by Gasteiger charge is 2.35. The van der Waals surface area contributed by atoms with Crippen LogP contribution in [0.15, 0.2) is 95.6 Å². The quantitative estimate of drug-likeness (QED) is 0.376. The Morgan fingerprint density at radius 1 is 0.853 bits per heavy atom. The number of hydrogen-bond acceptors (Lipinski definition) is 4. The molecule has 34 heavy (non-hydrogen) atoms. The van der Waals surface area contributed by atoms with Gasteiger partial charge in [0.05, 0.1) is 6.54 Å². The summed E-state index contributed by atoms with van der Waals surface area (Å²) in [6.07, 6.45) is 1.71. The van der Waals surface area contributed by atoms with E-state index in [1.54, 1.807) is 13.0 Å². The van der Waals surface area contributed by atoms with Crippen LogP contribution < -0.4 is 4.74 Å². The maximum atomic E-state index is 13.2. The standard InChI is InChI=1S/C29H24N2O3/c1-20-8-10-24(11-9-20)19-34-25-14-12-22(13-15-25)16-26-21(2)27(17-30)29(33)31(28(26)32)18-23-6-4-3-5-7-23/h3-16H,18-19H2,1-2H3/b26-16+. The topological polar surface area (TPSA) is 70.4 Å². The number of hydrogen-bond donors (Lipinski definition) is 0. The highest BCUT2D eigenvalue weighted by Crippen LogP contribution is 2.28. The largest absolute Gasteiger partial charge is 0.489 e. The van der Waals surface area contributed by atoms with Crippen LogP contribution >= 0.6 is 0 Å². The molecule has 0 fully saturated rings. The molecule has 0 aromatic heterocycles. The van der Waals surface area contributed by atoms with Crippen LogP contribution in [0, 0.1) is 18.3 Å². The van der Waals surface area contributed by atoms with Crippen LogP contribution in [-0.4, -0.2) is 16.7 Å². The average Bonchev–Trinajstić information content (AvgIpc) is 2.86. The summed E-state index contributed by atoms with van der Waals surface area (Å²) < 4.78 is 5.86. The molecule has 0 radical (unpaired) electrons. The fraction of sp³-hybridized carbons (Fsp3) is 0.138. The van der Waals surface area contributed by atoms with E-state index in [4.69, 9.17) is 4.74 Å². The Morgan fingerprint density at radius 3 is 2.18 bits per heavy atom. The van der Waals surface area contributed by atoms with Crippen LogP contribution in [0.25, 0.3) is 6.08 Å². The van der Waals surface area contributed by atoms with Crippen LogP contribution in [0.4, 0.5) is 0 Å². The summed E-state index contributed by atoms with van der Waals surface area (Å²) in [5.41, 5.74) is 4.58. The highest BCUT2D eigenvalue weighted by molar-refractivity contribution is 6.19. The van der Waals surface area contributed by atoms with Crippen LogP contribution in [-0.2, 0) is 22.7 Å². The first-order valence-corrected chi connectivity index (χ1v) is 11.0. The van der Waals surface area contributed by atoms with Crippen molar-refractivity contribution in [1.82, 2.24) is 4.90 Å². The van der Waals surface area contributed by atoms with Gasteiger partial charge in [0, 0.05) is 5.57 Å². The Kier molecular flexibility index (Phi) is 6.70. The second kappa shape index (κ2) is 10.0. The number of ether oxygens (including phenoxy) is 1. The van der Waals surface area contributed by atoms with E-state index in [1.165, 1.54) is 5.56 Å². The van der Waals surface area contributed by atoms with Crippen molar-refractivity contribution >= 4 is 17.9 Å². The molecule has 0 saturated carbocycles. The van der Waals surface area contributed by atoms with Crippen molar-refractivity contribution in [2.24, 2.45) is 0 Å². The molecule has 168 valence electrons. The lowest BCUT2D eigenvalue weighted by atomic mass is 9.93. The Bertz CT molecular complexity index is 1310. The molecule has 5 heteroatoms. The van der Waals surface area contributed by atoms with Gasteiger partial charge in [-0.05, 0) is 54.3 Å². The maximum absolute atomic E-state index is 13.2. The third-order valence-electron chi connectivity index (χ3n) is 5.73. The number of amides is 2. The fourth-order valence-electron chi connectivity index (χ4n) is 3.72. The predicted octanol–water partition coefficient (Wildman–Crippen LogP) is 5.37. The first-order valence-electron chi connectivity index (χ1n) is 11.0. The number of nitrogens with zero attached hydrogens (tertiary/aromatic N) is 2. The van der Waals surface area contributed by atoms with E-state index in [2.05, 4.69) is 0 Å². The lowest BCUT2D eigenvalue weighted by Gasteiger charge is -2.27. The van der Waals surface area contributed by atoms with Gasteiger partial charge in [-0.2, -0.15) is 5.26 Å². The summed E-state index contributed by atoms with van der Waals surface area (Å²) in [4.78, 5) is 27.2. The van der Waals surface area contributed by atoms with Crippen molar-refractivity contribution in [2.45, 2.75) is 27.0 Å². The summed E-state index contributed by atoms with van der Waals surface area (Å²) in [5.74, 6) is -0.264. The number of aryl methyl sites for hydroxylation is 1. The first kappa shape index (κ1) is 22.8. The molecule has 0 unspecified atom stereocenters. The van der Waals surface area contributed by atoms with Gasteiger partial charge >= 0.3 is 0 Å². The molecule has 1 aliphatic heterocycles. The number of benzene rings is 3. The van der Waals surface area contributed by atoms with Gasteiger partial charge in [0.15, 0.2) is 0 Å². The smallest absolute Gasteiger partial charge is 0.271 e. The van der Waals surface area contributed by atoms with Crippen molar-refractivity contribution < 1.29 is 14.3 Å². The molecular formula is C29H24N2O3. The monoisotopic (exact) mass is 448 g/mol. The predicted molar refractivity (Wildman–Crippen MR) is 130 cm³/mol. The molecular weight excluding hydrogens is 424 g/mol. The summed E-state index contributed by atoms with van der Waals surface area (Å²) in [5, 5.41) is 9.58. The molecule has 0 spiro atoms. The van der Waals surface area contributed by atoms with Crippen LogP contribution in [0.3, 0.4) is 0 Å². The Hall–Kier alpha value is -4.43. The van der Waals surface area contributed by atoms with Gasteiger partial charge < -0.3 is 4.74 Å². The normalized spacial score (nSPS) is 15.0. The number of nitriles is 1. The molecule has 4 rings (SSSR count). The van der Waals surface area contributed by atoms with Gasteiger partial charge in [0.2, 0.25) is 0 Å². The molecule has 0 atom stereocenters. The number of carbonyl (C=O) groups excluding carboxylic acids is 2. The van der Waals surface area contributed by atoms with E-state index >= 15 is 0 Å². The van der Waals surface area contributed by atoms with Crippen molar-refractivity contribution in [3.05, 3.63) is 118 Å². The molecule has 0 N–H and O–H groups in total. The summed E-state index contributed by atoms with van der Waals surface area (Å²) in [7, 11) is 0. The zero-order chi connectivity index (χ0) is 24.1. The SMILES string of the molecule is CC1=C(C#N)C(=O)N(Cc2ccccc2)C(=O)/C1=C/c1ccc(OCc2ccc(C)cc2)cc1. The van der Waals surface area contributed by atoms with E-state index in [-0.39, 0.29) is 12.1 Å². The van der Waals surface area contributed by atoms with Gasteiger partial charge in [-0.3, -0.25) is 14.5 Å². The van der Waals surface area contributed by atoms with Crippen molar-refractivity contribution in [2.75, 3.05) is 0 Å². The molecule has 2 amide bonds. The van der Waals surface area contributed by atoms with Gasteiger partial charge in [-0.25, -0.2) is 0 Å². The molecule has 3 aromatic carbocycles. The molecule has 1 aliphatic rings. The van der Waals surface area contributed by atoms with Crippen LogP contribution in [0.1, 0.15) is 29.2 Å². The minimum absolute atomic E-state index is 0.0140. The minimum Gasteiger partial charge on any atom is -0.489 e. The van der Waals surface area contributed by atoms with E-state index in [0.717, 1.165) is 21.6 Å².